The van der Waals surface area contributed by atoms with E-state index in [2.05, 4.69) is 54.3 Å². The summed E-state index contributed by atoms with van der Waals surface area (Å²) in [6.45, 7) is 5.29. The molecule has 0 aromatic carbocycles. The van der Waals surface area contributed by atoms with E-state index in [1.165, 1.54) is 34.3 Å². The molecule has 3 unspecified atom stereocenters. The number of hydrogen-bond donors (Lipinski definition) is 1. The van der Waals surface area contributed by atoms with Crippen LogP contribution in [0.4, 0.5) is 0 Å². The smallest absolute Gasteiger partial charge is 0.0840 e. The Kier molecular flexibility index (Phi) is 6.09. The molecule has 0 spiro atoms. The fraction of sp³-hybridized carbons (Fsp3) is 0.750. The molecule has 1 aliphatic rings. The molecule has 1 fully saturated rings. The van der Waals surface area contributed by atoms with Gasteiger partial charge in [0.05, 0.1) is 9.39 Å². The quantitative estimate of drug-likeness (QED) is 0.799. The lowest BCUT2D eigenvalue weighted by molar-refractivity contribution is -0.0986. The first-order valence-electron chi connectivity index (χ1n) is 7.65. The normalized spacial score (nSPS) is 28.5. The molecule has 2 rings (SSSR count). The predicted octanol–water partition coefficient (Wildman–Crippen LogP) is 4.63. The van der Waals surface area contributed by atoms with Gasteiger partial charge in [0.25, 0.3) is 0 Å². The summed E-state index contributed by atoms with van der Waals surface area (Å²) in [6.07, 6.45) is 6.05. The number of ether oxygens (including phenoxy) is 1. The van der Waals surface area contributed by atoms with Crippen LogP contribution >= 0.6 is 27.3 Å². The minimum Gasteiger partial charge on any atom is -0.374 e. The van der Waals surface area contributed by atoms with Crippen molar-refractivity contribution in [1.82, 2.24) is 5.32 Å². The lowest BCUT2D eigenvalue weighted by Gasteiger charge is -2.45. The van der Waals surface area contributed by atoms with Crippen LogP contribution in [0.25, 0.3) is 0 Å². The Morgan fingerprint density at radius 1 is 1.55 bits per heavy atom. The van der Waals surface area contributed by atoms with E-state index in [0.29, 0.717) is 6.04 Å². The average Bonchev–Trinajstić information content (AvgIpc) is 2.82. The first-order chi connectivity index (χ1) is 9.59. The van der Waals surface area contributed by atoms with E-state index in [9.17, 15) is 0 Å². The largest absolute Gasteiger partial charge is 0.374 e. The molecule has 1 saturated carbocycles. The van der Waals surface area contributed by atoms with Crippen molar-refractivity contribution in [3.8, 4) is 0 Å². The Bertz CT molecular complexity index is 418. The van der Waals surface area contributed by atoms with Gasteiger partial charge in [0, 0.05) is 17.5 Å². The summed E-state index contributed by atoms with van der Waals surface area (Å²) in [5.74, 6) is 0.765. The van der Waals surface area contributed by atoms with Crippen molar-refractivity contribution < 1.29 is 4.74 Å². The number of hydrogen-bond acceptors (Lipinski definition) is 3. The van der Waals surface area contributed by atoms with Gasteiger partial charge in [-0.15, -0.1) is 11.3 Å². The van der Waals surface area contributed by atoms with Crippen LogP contribution in [0, 0.1) is 5.92 Å². The summed E-state index contributed by atoms with van der Waals surface area (Å²) in [5.41, 5.74) is 0.0115. The van der Waals surface area contributed by atoms with Crippen LogP contribution in [0.3, 0.4) is 0 Å². The molecule has 20 heavy (non-hydrogen) atoms. The van der Waals surface area contributed by atoms with Crippen molar-refractivity contribution in [2.24, 2.45) is 5.92 Å². The highest BCUT2D eigenvalue weighted by atomic mass is 79.9. The second-order valence-corrected chi connectivity index (χ2v) is 8.50. The van der Waals surface area contributed by atoms with Gasteiger partial charge in [-0.2, -0.15) is 0 Å². The molecule has 1 aromatic rings. The fourth-order valence-corrected chi connectivity index (χ4v) is 5.12. The highest BCUT2D eigenvalue weighted by Crippen LogP contribution is 2.39. The Labute approximate surface area is 135 Å². The molecule has 0 radical (unpaired) electrons. The van der Waals surface area contributed by atoms with Crippen molar-refractivity contribution in [1.29, 1.82) is 0 Å². The van der Waals surface area contributed by atoms with Gasteiger partial charge in [-0.05, 0) is 67.2 Å². The molecular weight excluding hydrogens is 334 g/mol. The summed E-state index contributed by atoms with van der Waals surface area (Å²) < 4.78 is 7.52. The van der Waals surface area contributed by atoms with Gasteiger partial charge >= 0.3 is 0 Å². The molecule has 0 aliphatic heterocycles. The van der Waals surface area contributed by atoms with Crippen LogP contribution in [0.15, 0.2) is 15.9 Å². The van der Waals surface area contributed by atoms with Crippen LogP contribution in [-0.2, 0) is 11.2 Å². The van der Waals surface area contributed by atoms with Gasteiger partial charge in [-0.25, -0.2) is 0 Å². The molecule has 1 heterocycles. The lowest BCUT2D eigenvalue weighted by Crippen LogP contribution is -2.55. The molecule has 114 valence electrons. The van der Waals surface area contributed by atoms with Crippen LogP contribution < -0.4 is 5.32 Å². The van der Waals surface area contributed by atoms with Gasteiger partial charge in [-0.3, -0.25) is 0 Å². The van der Waals surface area contributed by atoms with E-state index in [0.717, 1.165) is 18.9 Å². The van der Waals surface area contributed by atoms with Crippen molar-refractivity contribution >= 4 is 27.3 Å². The number of halogens is 1. The molecule has 4 heteroatoms. The maximum Gasteiger partial charge on any atom is 0.0840 e. The molecule has 0 amide bonds. The maximum absolute atomic E-state index is 6.30. The van der Waals surface area contributed by atoms with Crippen LogP contribution in [0.1, 0.15) is 44.4 Å². The number of rotatable bonds is 6. The zero-order valence-corrected chi connectivity index (χ0v) is 15.1. The van der Waals surface area contributed by atoms with Crippen molar-refractivity contribution in [2.75, 3.05) is 13.7 Å². The van der Waals surface area contributed by atoms with Crippen LogP contribution in [0.2, 0.25) is 0 Å². The van der Waals surface area contributed by atoms with Crippen molar-refractivity contribution in [3.63, 3.8) is 0 Å². The Hall–Kier alpha value is 0.1000. The summed E-state index contributed by atoms with van der Waals surface area (Å²) in [7, 11) is 2.08. The average molecular weight is 360 g/mol. The fourth-order valence-electron chi connectivity index (χ4n) is 3.59. The number of thiophene rings is 1. The van der Waals surface area contributed by atoms with E-state index in [4.69, 9.17) is 4.74 Å². The molecule has 0 bridgehead atoms. The third kappa shape index (κ3) is 3.85. The SMILES string of the molecule is CCOC1(C(Cc2ccc(Br)s2)NC)CCCC(C)C1. The molecule has 0 saturated heterocycles. The van der Waals surface area contributed by atoms with Gasteiger partial charge in [0.1, 0.15) is 0 Å². The molecule has 2 nitrogen and oxygen atoms in total. The Morgan fingerprint density at radius 2 is 2.35 bits per heavy atom. The maximum atomic E-state index is 6.30. The third-order valence-electron chi connectivity index (χ3n) is 4.44. The monoisotopic (exact) mass is 359 g/mol. The first-order valence-corrected chi connectivity index (χ1v) is 9.26. The minimum atomic E-state index is 0.0115. The first kappa shape index (κ1) is 16.5. The zero-order chi connectivity index (χ0) is 14.6. The van der Waals surface area contributed by atoms with Crippen LogP contribution in [0.5, 0.6) is 0 Å². The number of nitrogens with one attached hydrogen (secondary N) is 1. The highest BCUT2D eigenvalue weighted by Gasteiger charge is 2.42. The predicted molar refractivity (Wildman–Crippen MR) is 90.6 cm³/mol. The lowest BCUT2D eigenvalue weighted by atomic mass is 9.73. The van der Waals surface area contributed by atoms with E-state index < -0.39 is 0 Å². The zero-order valence-electron chi connectivity index (χ0n) is 12.7. The second-order valence-electron chi connectivity index (χ2n) is 5.95. The topological polar surface area (TPSA) is 21.3 Å². The van der Waals surface area contributed by atoms with Crippen molar-refractivity contribution in [3.05, 3.63) is 20.8 Å². The molecule has 3 atom stereocenters. The Morgan fingerprint density at radius 3 is 2.90 bits per heavy atom. The van der Waals surface area contributed by atoms with Gasteiger partial charge in [0.2, 0.25) is 0 Å². The van der Waals surface area contributed by atoms with Gasteiger partial charge < -0.3 is 10.1 Å². The summed E-state index contributed by atoms with van der Waals surface area (Å²) in [4.78, 5) is 1.42. The summed E-state index contributed by atoms with van der Waals surface area (Å²) >= 11 is 5.39. The van der Waals surface area contributed by atoms with E-state index in [1.54, 1.807) is 0 Å². The molecular formula is C16H26BrNOS. The van der Waals surface area contributed by atoms with Crippen LogP contribution in [-0.4, -0.2) is 25.3 Å². The Balaban J connectivity index is 2.15. The van der Waals surface area contributed by atoms with Gasteiger partial charge in [-0.1, -0.05) is 19.8 Å². The number of likely N-dealkylation sites (N-methyl/N-ethyl adjacent to an activating group) is 1. The van der Waals surface area contributed by atoms with E-state index >= 15 is 0 Å². The molecule has 1 N–H and O–H groups in total. The minimum absolute atomic E-state index is 0.0115. The summed E-state index contributed by atoms with van der Waals surface area (Å²) in [5, 5.41) is 3.54. The highest BCUT2D eigenvalue weighted by molar-refractivity contribution is 9.11. The van der Waals surface area contributed by atoms with E-state index in [-0.39, 0.29) is 5.60 Å². The van der Waals surface area contributed by atoms with Crippen molar-refractivity contribution in [2.45, 2.75) is 57.6 Å². The third-order valence-corrected chi connectivity index (χ3v) is 6.09. The van der Waals surface area contributed by atoms with E-state index in [1.807, 2.05) is 11.3 Å². The summed E-state index contributed by atoms with van der Waals surface area (Å²) in [6, 6.07) is 4.77. The second kappa shape index (κ2) is 7.39. The molecule has 1 aliphatic carbocycles. The standard InChI is InChI=1S/C16H26BrNOS/c1-4-19-16(9-5-6-12(2)11-16)14(18-3)10-13-7-8-15(17)20-13/h7-8,12,14,18H,4-6,9-11H2,1-3H3. The van der Waals surface area contributed by atoms with Gasteiger partial charge in [0.15, 0.2) is 0 Å². The molecule has 1 aromatic heterocycles.